The molecule has 0 radical (unpaired) electrons. The van der Waals surface area contributed by atoms with Crippen LogP contribution in [0.1, 0.15) is 17.7 Å². The summed E-state index contributed by atoms with van der Waals surface area (Å²) < 4.78 is 0. The smallest absolute Gasteiger partial charge is 0.0584 e. The first-order chi connectivity index (χ1) is 6.45. The minimum absolute atomic E-state index is 0.976. The molecule has 13 heavy (non-hydrogen) atoms. The van der Waals surface area contributed by atoms with Gasteiger partial charge in [0.2, 0.25) is 0 Å². The van der Waals surface area contributed by atoms with Crippen molar-refractivity contribution in [2.45, 2.75) is 12.8 Å². The monoisotopic (exact) mass is 173 g/mol. The molecule has 0 unspecified atom stereocenters. The molecule has 0 bridgehead atoms. The van der Waals surface area contributed by atoms with Crippen molar-refractivity contribution < 1.29 is 0 Å². The lowest BCUT2D eigenvalue weighted by atomic mass is 9.94. The lowest BCUT2D eigenvalue weighted by molar-refractivity contribution is 0.726. The van der Waals surface area contributed by atoms with Crippen molar-refractivity contribution in [3.8, 4) is 0 Å². The van der Waals surface area contributed by atoms with E-state index in [0.717, 1.165) is 19.4 Å². The normalized spacial score (nSPS) is 19.4. The van der Waals surface area contributed by atoms with E-state index in [0.29, 0.717) is 0 Å². The van der Waals surface area contributed by atoms with Gasteiger partial charge < -0.3 is 5.43 Å². The molecule has 66 valence electrons. The summed E-state index contributed by atoms with van der Waals surface area (Å²) in [6.07, 6.45) is 4.09. The Morgan fingerprint density at radius 2 is 2.31 bits per heavy atom. The van der Waals surface area contributed by atoms with Crippen molar-refractivity contribution in [1.82, 2.24) is 15.8 Å². The van der Waals surface area contributed by atoms with Crippen LogP contribution in [0.2, 0.25) is 0 Å². The summed E-state index contributed by atoms with van der Waals surface area (Å²) in [6, 6.07) is 4.13. The first kappa shape index (κ1) is 7.09. The lowest BCUT2D eigenvalue weighted by Crippen LogP contribution is -2.23. The van der Waals surface area contributed by atoms with Crippen LogP contribution in [-0.2, 0) is 6.42 Å². The highest BCUT2D eigenvalue weighted by molar-refractivity contribution is 5.72. The summed E-state index contributed by atoms with van der Waals surface area (Å²) in [7, 11) is 0. The fourth-order valence-corrected chi connectivity index (χ4v) is 2.02. The zero-order valence-corrected chi connectivity index (χ0v) is 7.30. The summed E-state index contributed by atoms with van der Waals surface area (Å²) in [4.78, 5) is 4.38. The van der Waals surface area contributed by atoms with Crippen LogP contribution < -0.4 is 10.9 Å². The summed E-state index contributed by atoms with van der Waals surface area (Å²) >= 11 is 0. The van der Waals surface area contributed by atoms with Gasteiger partial charge in [-0.15, -0.1) is 0 Å². The molecular weight excluding hydrogens is 162 g/mol. The van der Waals surface area contributed by atoms with Crippen molar-refractivity contribution in [2.75, 3.05) is 6.54 Å². The van der Waals surface area contributed by atoms with E-state index in [-0.39, 0.29) is 0 Å². The first-order valence-corrected chi connectivity index (χ1v) is 4.60. The van der Waals surface area contributed by atoms with Crippen LogP contribution in [0.5, 0.6) is 0 Å². The molecule has 1 aliphatic heterocycles. The Bertz CT molecular complexity index is 382. The van der Waals surface area contributed by atoms with Crippen LogP contribution in [0.25, 0.3) is 5.70 Å². The quantitative estimate of drug-likeness (QED) is 0.610. The molecule has 0 saturated carbocycles. The Balaban J connectivity index is 2.18. The van der Waals surface area contributed by atoms with Crippen molar-refractivity contribution in [1.29, 1.82) is 0 Å². The number of hydrazine groups is 1. The molecule has 0 fully saturated rings. The molecule has 1 aromatic rings. The van der Waals surface area contributed by atoms with Crippen LogP contribution in [0.4, 0.5) is 0 Å². The molecule has 0 spiro atoms. The number of nitrogens with one attached hydrogen (secondary N) is 2. The molecule has 3 heteroatoms. The van der Waals surface area contributed by atoms with Crippen molar-refractivity contribution in [3.05, 3.63) is 35.2 Å². The summed E-state index contributed by atoms with van der Waals surface area (Å²) in [6.45, 7) is 0.976. The van der Waals surface area contributed by atoms with Gasteiger partial charge in [-0.1, -0.05) is 0 Å². The SMILES string of the molecule is c1cnc2c(c1)C1=C(CC2)CNN1. The number of fused-ring (bicyclic) bond motifs is 2. The van der Waals surface area contributed by atoms with Gasteiger partial charge in [0, 0.05) is 24.0 Å². The van der Waals surface area contributed by atoms with Gasteiger partial charge in [0.05, 0.1) is 5.70 Å². The maximum Gasteiger partial charge on any atom is 0.0584 e. The fraction of sp³-hybridized carbons (Fsp3) is 0.300. The van der Waals surface area contributed by atoms with Gasteiger partial charge >= 0.3 is 0 Å². The van der Waals surface area contributed by atoms with E-state index in [1.807, 2.05) is 12.3 Å². The number of aryl methyl sites for hydroxylation is 1. The largest absolute Gasteiger partial charge is 0.321 e. The minimum atomic E-state index is 0.976. The Kier molecular flexibility index (Phi) is 1.40. The predicted octanol–water partition coefficient (Wildman–Crippen LogP) is 0.847. The van der Waals surface area contributed by atoms with Crippen molar-refractivity contribution >= 4 is 5.70 Å². The van der Waals surface area contributed by atoms with Gasteiger partial charge in [-0.25, -0.2) is 5.43 Å². The van der Waals surface area contributed by atoms with Gasteiger partial charge in [-0.2, -0.15) is 0 Å². The topological polar surface area (TPSA) is 37.0 Å². The molecule has 0 amide bonds. The molecule has 0 aromatic carbocycles. The van der Waals surface area contributed by atoms with Crippen LogP contribution in [0.3, 0.4) is 0 Å². The third-order valence-corrected chi connectivity index (χ3v) is 2.69. The van der Waals surface area contributed by atoms with Gasteiger partial charge in [-0.05, 0) is 30.5 Å². The average molecular weight is 173 g/mol. The number of nitrogens with zero attached hydrogens (tertiary/aromatic N) is 1. The van der Waals surface area contributed by atoms with Crippen LogP contribution >= 0.6 is 0 Å². The number of pyridine rings is 1. The van der Waals surface area contributed by atoms with Gasteiger partial charge in [-0.3, -0.25) is 4.98 Å². The molecule has 1 aromatic heterocycles. The second-order valence-electron chi connectivity index (χ2n) is 3.45. The number of rotatable bonds is 0. The van der Waals surface area contributed by atoms with Crippen LogP contribution in [0.15, 0.2) is 23.9 Å². The van der Waals surface area contributed by atoms with Gasteiger partial charge in [0.1, 0.15) is 0 Å². The third kappa shape index (κ3) is 0.971. The second kappa shape index (κ2) is 2.57. The van der Waals surface area contributed by atoms with Crippen LogP contribution in [-0.4, -0.2) is 11.5 Å². The van der Waals surface area contributed by atoms with E-state index in [4.69, 9.17) is 0 Å². The van der Waals surface area contributed by atoms with Crippen molar-refractivity contribution in [3.63, 3.8) is 0 Å². The second-order valence-corrected chi connectivity index (χ2v) is 3.45. The highest BCUT2D eigenvalue weighted by Crippen LogP contribution is 2.29. The van der Waals surface area contributed by atoms with E-state index in [2.05, 4.69) is 21.9 Å². The van der Waals surface area contributed by atoms with Crippen molar-refractivity contribution in [2.24, 2.45) is 0 Å². The standard InChI is InChI=1S/C10H11N3/c1-2-8-9(11-5-1)4-3-7-6-12-13-10(7)8/h1-2,5,12-13H,3-4,6H2. The molecule has 2 aliphatic rings. The molecule has 1 aliphatic carbocycles. The van der Waals surface area contributed by atoms with Crippen LogP contribution in [0, 0.1) is 0 Å². The molecule has 0 saturated heterocycles. The minimum Gasteiger partial charge on any atom is -0.321 e. The van der Waals surface area contributed by atoms with E-state index >= 15 is 0 Å². The number of hydrogen-bond acceptors (Lipinski definition) is 3. The molecule has 3 nitrogen and oxygen atoms in total. The van der Waals surface area contributed by atoms with E-state index < -0.39 is 0 Å². The summed E-state index contributed by atoms with van der Waals surface area (Å²) in [5.41, 5.74) is 11.6. The Labute approximate surface area is 76.8 Å². The Morgan fingerprint density at radius 1 is 1.31 bits per heavy atom. The van der Waals surface area contributed by atoms with Gasteiger partial charge in [0.15, 0.2) is 0 Å². The molecule has 3 rings (SSSR count). The predicted molar refractivity (Wildman–Crippen MR) is 50.6 cm³/mol. The number of aromatic nitrogens is 1. The molecular formula is C10H11N3. The molecule has 2 N–H and O–H groups in total. The van der Waals surface area contributed by atoms with E-state index in [1.165, 1.54) is 22.5 Å². The highest BCUT2D eigenvalue weighted by Gasteiger charge is 2.22. The average Bonchev–Trinajstić information content (AvgIpc) is 2.65. The zero-order chi connectivity index (χ0) is 8.67. The number of hydrogen-bond donors (Lipinski definition) is 2. The molecule has 0 atom stereocenters. The Hall–Kier alpha value is -1.35. The third-order valence-electron chi connectivity index (χ3n) is 2.69. The van der Waals surface area contributed by atoms with Gasteiger partial charge in [0.25, 0.3) is 0 Å². The summed E-state index contributed by atoms with van der Waals surface area (Å²) in [5.74, 6) is 0. The maximum absolute atomic E-state index is 4.38. The Morgan fingerprint density at radius 3 is 3.31 bits per heavy atom. The highest BCUT2D eigenvalue weighted by atomic mass is 15.4. The fourth-order valence-electron chi connectivity index (χ4n) is 2.02. The zero-order valence-electron chi connectivity index (χ0n) is 7.30. The first-order valence-electron chi connectivity index (χ1n) is 4.60. The van der Waals surface area contributed by atoms with E-state index in [9.17, 15) is 0 Å². The molecule has 2 heterocycles. The lowest BCUT2D eigenvalue weighted by Gasteiger charge is -2.16. The summed E-state index contributed by atoms with van der Waals surface area (Å²) in [5, 5.41) is 0. The van der Waals surface area contributed by atoms with E-state index in [1.54, 1.807) is 0 Å². The maximum atomic E-state index is 4.38.